The first-order chi connectivity index (χ1) is 9.29. The molecule has 2 aromatic rings. The van der Waals surface area contributed by atoms with Gasteiger partial charge < -0.3 is 0 Å². The van der Waals surface area contributed by atoms with Gasteiger partial charge in [0.2, 0.25) is 0 Å². The predicted molar refractivity (Wildman–Crippen MR) is 73.2 cm³/mol. The molecule has 0 saturated heterocycles. The Bertz CT molecular complexity index is 775. The number of hydrogen-bond donors (Lipinski definition) is 1. The molecule has 106 valence electrons. The topological polar surface area (TPSA) is 89.3 Å². The number of rotatable bonds is 4. The van der Waals surface area contributed by atoms with Crippen molar-refractivity contribution in [1.29, 1.82) is 0 Å². The van der Waals surface area contributed by atoms with Gasteiger partial charge in [-0.05, 0) is 18.2 Å². The molecular weight excluding hydrogens is 331 g/mol. The second kappa shape index (κ2) is 5.35. The van der Waals surface area contributed by atoms with E-state index in [1.54, 1.807) is 0 Å². The molecule has 0 fully saturated rings. The van der Waals surface area contributed by atoms with Crippen LogP contribution >= 0.6 is 22.9 Å². The zero-order chi connectivity index (χ0) is 14.9. The molecule has 6 nitrogen and oxygen atoms in total. The maximum absolute atomic E-state index is 13.0. The van der Waals surface area contributed by atoms with Gasteiger partial charge in [0.1, 0.15) is 10.0 Å². The van der Waals surface area contributed by atoms with E-state index in [-0.39, 0.29) is 14.2 Å². The van der Waals surface area contributed by atoms with Crippen molar-refractivity contribution in [3.05, 3.63) is 50.6 Å². The number of halogens is 2. The summed E-state index contributed by atoms with van der Waals surface area (Å²) in [6, 6.07) is 5.68. The zero-order valence-electron chi connectivity index (χ0n) is 9.54. The second-order valence-electron chi connectivity index (χ2n) is 3.60. The first-order valence-corrected chi connectivity index (χ1v) is 7.69. The van der Waals surface area contributed by atoms with Gasteiger partial charge >= 0.3 is 0 Å². The van der Waals surface area contributed by atoms with Crippen molar-refractivity contribution in [2.45, 2.75) is 4.21 Å². The highest BCUT2D eigenvalue weighted by atomic mass is 35.5. The van der Waals surface area contributed by atoms with E-state index in [0.29, 0.717) is 11.3 Å². The fourth-order valence-corrected chi connectivity index (χ4v) is 4.07. The Balaban J connectivity index is 2.36. The molecular formula is C10H6ClFN2O4S2. The van der Waals surface area contributed by atoms with Crippen molar-refractivity contribution in [3.8, 4) is 0 Å². The van der Waals surface area contributed by atoms with Crippen LogP contribution in [-0.4, -0.2) is 13.3 Å². The average Bonchev–Trinajstić information content (AvgIpc) is 2.71. The Hall–Kier alpha value is -1.71. The van der Waals surface area contributed by atoms with E-state index in [0.717, 1.165) is 18.2 Å². The summed E-state index contributed by atoms with van der Waals surface area (Å²) < 4.78 is 38.5. The lowest BCUT2D eigenvalue weighted by molar-refractivity contribution is -0.384. The monoisotopic (exact) mass is 336 g/mol. The lowest BCUT2D eigenvalue weighted by Crippen LogP contribution is -2.11. The highest BCUT2D eigenvalue weighted by Gasteiger charge is 2.25. The van der Waals surface area contributed by atoms with E-state index in [9.17, 15) is 22.9 Å². The fraction of sp³-hybridized carbons (Fsp3) is 0. The largest absolute Gasteiger partial charge is 0.300 e. The molecule has 0 aliphatic heterocycles. The van der Waals surface area contributed by atoms with E-state index in [2.05, 4.69) is 4.72 Å². The van der Waals surface area contributed by atoms with E-state index >= 15 is 0 Å². The molecule has 0 saturated carbocycles. The average molecular weight is 337 g/mol. The second-order valence-corrected chi connectivity index (χ2v) is 7.16. The molecule has 0 bridgehead atoms. The molecule has 1 aromatic carbocycles. The molecule has 1 heterocycles. The van der Waals surface area contributed by atoms with Crippen LogP contribution in [0.4, 0.5) is 15.8 Å². The lowest BCUT2D eigenvalue weighted by Gasteiger charge is -2.05. The minimum absolute atomic E-state index is 0.0113. The van der Waals surface area contributed by atoms with Crippen LogP contribution in [0.25, 0.3) is 0 Å². The number of hydrogen-bond acceptors (Lipinski definition) is 5. The summed E-state index contributed by atoms with van der Waals surface area (Å²) in [6.45, 7) is 0. The molecule has 1 N–H and O–H groups in total. The van der Waals surface area contributed by atoms with E-state index in [1.807, 2.05) is 0 Å². The standard InChI is InChI=1S/C10H6ClFN2O4S2/c11-10-8(14(15)16)5-9(19-10)20(17,18)13-7-3-1-2-6(12)4-7/h1-5,13H. The van der Waals surface area contributed by atoms with Crippen LogP contribution in [0.5, 0.6) is 0 Å². The smallest absolute Gasteiger partial charge is 0.279 e. The van der Waals surface area contributed by atoms with Gasteiger partial charge in [-0.25, -0.2) is 12.8 Å². The minimum atomic E-state index is -4.05. The number of anilines is 1. The van der Waals surface area contributed by atoms with E-state index < -0.39 is 26.5 Å². The number of nitrogens with zero attached hydrogens (tertiary/aromatic N) is 1. The Kier molecular flexibility index (Phi) is 3.93. The maximum atomic E-state index is 13.0. The molecule has 0 aliphatic carbocycles. The molecule has 0 atom stereocenters. The fourth-order valence-electron chi connectivity index (χ4n) is 1.35. The number of nitro groups is 1. The number of sulfonamides is 1. The zero-order valence-corrected chi connectivity index (χ0v) is 11.9. The van der Waals surface area contributed by atoms with Crippen LogP contribution in [0.2, 0.25) is 4.34 Å². The van der Waals surface area contributed by atoms with Crippen LogP contribution in [0, 0.1) is 15.9 Å². The molecule has 2 rings (SSSR count). The third kappa shape index (κ3) is 3.06. The lowest BCUT2D eigenvalue weighted by atomic mass is 10.3. The van der Waals surface area contributed by atoms with Gasteiger partial charge in [-0.1, -0.05) is 17.7 Å². The van der Waals surface area contributed by atoms with Gasteiger partial charge in [0.15, 0.2) is 4.34 Å². The molecule has 1 aromatic heterocycles. The number of benzene rings is 1. The predicted octanol–water partition coefficient (Wildman–Crippen LogP) is 3.25. The summed E-state index contributed by atoms with van der Waals surface area (Å²) in [5, 5.41) is 10.6. The van der Waals surface area contributed by atoms with Crippen molar-refractivity contribution in [2.24, 2.45) is 0 Å². The molecule has 10 heteroatoms. The highest BCUT2D eigenvalue weighted by Crippen LogP contribution is 2.36. The molecule has 20 heavy (non-hydrogen) atoms. The van der Waals surface area contributed by atoms with Gasteiger partial charge in [-0.3, -0.25) is 14.8 Å². The van der Waals surface area contributed by atoms with Gasteiger partial charge in [0, 0.05) is 6.07 Å². The maximum Gasteiger partial charge on any atom is 0.300 e. The quantitative estimate of drug-likeness (QED) is 0.685. The molecule has 0 aliphatic rings. The third-order valence-corrected chi connectivity index (χ3v) is 5.38. The van der Waals surface area contributed by atoms with Gasteiger partial charge in [0.05, 0.1) is 10.6 Å². The Morgan fingerprint density at radius 1 is 1.35 bits per heavy atom. The summed E-state index contributed by atoms with van der Waals surface area (Å²) >= 11 is 6.15. The molecule has 0 radical (unpaired) electrons. The van der Waals surface area contributed by atoms with Crippen molar-refractivity contribution >= 4 is 44.3 Å². The van der Waals surface area contributed by atoms with E-state index in [1.165, 1.54) is 12.1 Å². The molecule has 0 spiro atoms. The number of thiophene rings is 1. The van der Waals surface area contributed by atoms with Crippen LogP contribution in [0.1, 0.15) is 0 Å². The normalized spacial score (nSPS) is 11.3. The van der Waals surface area contributed by atoms with Crippen LogP contribution in [0.3, 0.4) is 0 Å². The first kappa shape index (κ1) is 14.7. The summed E-state index contributed by atoms with van der Waals surface area (Å²) in [6.07, 6.45) is 0. The minimum Gasteiger partial charge on any atom is -0.279 e. The van der Waals surface area contributed by atoms with Crippen molar-refractivity contribution in [3.63, 3.8) is 0 Å². The Morgan fingerprint density at radius 2 is 2.05 bits per heavy atom. The first-order valence-electron chi connectivity index (χ1n) is 5.02. The van der Waals surface area contributed by atoms with Crippen LogP contribution in [0.15, 0.2) is 34.5 Å². The van der Waals surface area contributed by atoms with Crippen molar-refractivity contribution in [2.75, 3.05) is 4.72 Å². The summed E-state index contributed by atoms with van der Waals surface area (Å²) in [5.74, 6) is -0.611. The van der Waals surface area contributed by atoms with Crippen LogP contribution < -0.4 is 4.72 Å². The van der Waals surface area contributed by atoms with Crippen molar-refractivity contribution in [1.82, 2.24) is 0 Å². The summed E-state index contributed by atoms with van der Waals surface area (Å²) in [5.41, 5.74) is -0.478. The van der Waals surface area contributed by atoms with Gasteiger partial charge in [0.25, 0.3) is 15.7 Å². The summed E-state index contributed by atoms with van der Waals surface area (Å²) in [7, 11) is -4.05. The molecule has 0 unspecified atom stereocenters. The molecule has 0 amide bonds. The van der Waals surface area contributed by atoms with Crippen molar-refractivity contribution < 1.29 is 17.7 Å². The Labute approximate surface area is 122 Å². The third-order valence-electron chi connectivity index (χ3n) is 2.18. The SMILES string of the molecule is O=[N+]([O-])c1cc(S(=O)(=O)Nc2cccc(F)c2)sc1Cl. The van der Waals surface area contributed by atoms with Gasteiger partial charge in [-0.2, -0.15) is 0 Å². The Morgan fingerprint density at radius 3 is 2.60 bits per heavy atom. The number of nitrogens with one attached hydrogen (secondary N) is 1. The van der Waals surface area contributed by atoms with Crippen LogP contribution in [-0.2, 0) is 10.0 Å². The summed E-state index contributed by atoms with van der Waals surface area (Å²) in [4.78, 5) is 9.85. The highest BCUT2D eigenvalue weighted by molar-refractivity contribution is 7.94. The van der Waals surface area contributed by atoms with E-state index in [4.69, 9.17) is 11.6 Å². The van der Waals surface area contributed by atoms with Gasteiger partial charge in [-0.15, -0.1) is 11.3 Å².